The van der Waals surface area contributed by atoms with Crippen LogP contribution in [0.2, 0.25) is 0 Å². The lowest BCUT2D eigenvalue weighted by Crippen LogP contribution is -2.42. The second-order valence-electron chi connectivity index (χ2n) is 7.88. The summed E-state index contributed by atoms with van der Waals surface area (Å²) in [6.45, 7) is 1.16. The number of fused-ring (bicyclic) bond motifs is 1. The van der Waals surface area contributed by atoms with E-state index in [2.05, 4.69) is 15.3 Å². The number of benzene rings is 2. The molecule has 0 spiro atoms. The van der Waals surface area contributed by atoms with Crippen LogP contribution in [0, 0.1) is 11.7 Å². The maximum absolute atomic E-state index is 13.3. The minimum atomic E-state index is -0.627. The van der Waals surface area contributed by atoms with Gasteiger partial charge in [-0.3, -0.25) is 4.79 Å². The molecular formula is C23H21FN6OS. The largest absolute Gasteiger partial charge is 0.399 e. The Kier molecular flexibility index (Phi) is 5.26. The quantitative estimate of drug-likeness (QED) is 0.598. The number of rotatable bonds is 3. The Hall–Kier alpha value is -3.46. The van der Waals surface area contributed by atoms with Crippen molar-refractivity contribution in [3.05, 3.63) is 83.9 Å². The lowest BCUT2D eigenvalue weighted by atomic mass is 9.81. The van der Waals surface area contributed by atoms with Gasteiger partial charge in [0, 0.05) is 29.5 Å². The van der Waals surface area contributed by atoms with Gasteiger partial charge in [0.15, 0.2) is 11.0 Å². The predicted octanol–water partition coefficient (Wildman–Crippen LogP) is 3.06. The molecule has 3 N–H and O–H groups in total. The third-order valence-corrected chi connectivity index (χ3v) is 6.84. The lowest BCUT2D eigenvalue weighted by molar-refractivity contribution is 0.0977. The van der Waals surface area contributed by atoms with Crippen LogP contribution in [0.5, 0.6) is 0 Å². The van der Waals surface area contributed by atoms with Gasteiger partial charge in [-0.1, -0.05) is 42.1 Å². The average molecular weight is 449 g/mol. The van der Waals surface area contributed by atoms with Crippen molar-refractivity contribution >= 4 is 34.5 Å². The fourth-order valence-electron chi connectivity index (χ4n) is 4.26. The number of nitrogen functional groups attached to an aromatic ring is 1. The molecule has 2 aliphatic rings. The highest BCUT2D eigenvalue weighted by Gasteiger charge is 2.51. The van der Waals surface area contributed by atoms with Gasteiger partial charge in [0.05, 0.1) is 18.9 Å². The van der Waals surface area contributed by atoms with Crippen molar-refractivity contribution in [2.24, 2.45) is 10.9 Å². The summed E-state index contributed by atoms with van der Waals surface area (Å²) in [5.74, 6) is 0.671. The third kappa shape index (κ3) is 3.80. The van der Waals surface area contributed by atoms with Crippen LogP contribution in [0.1, 0.15) is 15.9 Å². The summed E-state index contributed by atoms with van der Waals surface area (Å²) in [5, 5.41) is 3.53. The molecule has 1 fully saturated rings. The Morgan fingerprint density at radius 2 is 1.94 bits per heavy atom. The number of carbonyl (C=O) groups excluding carboxylic acids is 1. The number of hydrogen-bond acceptors (Lipinski definition) is 7. The Labute approximate surface area is 189 Å². The molecule has 2 aliphatic heterocycles. The number of aromatic nitrogens is 2. The Bertz CT molecular complexity index is 1170. The highest BCUT2D eigenvalue weighted by atomic mass is 32.2. The molecule has 32 heavy (non-hydrogen) atoms. The summed E-state index contributed by atoms with van der Waals surface area (Å²) >= 11 is 1.52. The topological polar surface area (TPSA) is 96.5 Å². The van der Waals surface area contributed by atoms with Crippen LogP contribution in [0.3, 0.4) is 0 Å². The molecule has 1 aromatic heterocycles. The number of amidine groups is 1. The number of nitrogens with one attached hydrogen (secondary N) is 1. The summed E-state index contributed by atoms with van der Waals surface area (Å²) in [5.41, 5.74) is 7.66. The number of anilines is 2. The Balaban J connectivity index is 1.51. The van der Waals surface area contributed by atoms with Crippen LogP contribution in [-0.4, -0.2) is 39.9 Å². The summed E-state index contributed by atoms with van der Waals surface area (Å²) in [6, 6.07) is 16.7. The van der Waals surface area contributed by atoms with Crippen molar-refractivity contribution in [3.8, 4) is 0 Å². The average Bonchev–Trinajstić information content (AvgIpc) is 3.20. The van der Waals surface area contributed by atoms with E-state index in [0.717, 1.165) is 11.3 Å². The second kappa shape index (κ2) is 8.23. The number of nitrogens with zero attached hydrogens (tertiary/aromatic N) is 4. The fraction of sp³-hybridized carbons (Fsp3) is 0.217. The molecule has 1 unspecified atom stereocenters. The van der Waals surface area contributed by atoms with E-state index in [9.17, 15) is 9.18 Å². The zero-order valence-corrected chi connectivity index (χ0v) is 17.9. The second-order valence-corrected chi connectivity index (χ2v) is 8.89. The van der Waals surface area contributed by atoms with Gasteiger partial charge in [-0.05, 0) is 29.8 Å². The number of halogens is 1. The molecule has 2 atom stereocenters. The molecule has 3 aromatic rings. The zero-order chi connectivity index (χ0) is 22.1. The number of carbonyl (C=O) groups is 1. The molecule has 2 aromatic carbocycles. The van der Waals surface area contributed by atoms with Crippen molar-refractivity contribution in [1.29, 1.82) is 0 Å². The number of hydrogen-bond donors (Lipinski definition) is 2. The van der Waals surface area contributed by atoms with E-state index < -0.39 is 11.4 Å². The molecule has 9 heteroatoms. The first-order valence-electron chi connectivity index (χ1n) is 10.2. The van der Waals surface area contributed by atoms with Crippen molar-refractivity contribution < 1.29 is 9.18 Å². The van der Waals surface area contributed by atoms with Gasteiger partial charge in [-0.2, -0.15) is 0 Å². The Morgan fingerprint density at radius 1 is 1.16 bits per heavy atom. The Morgan fingerprint density at radius 3 is 2.69 bits per heavy atom. The van der Waals surface area contributed by atoms with Gasteiger partial charge in [0.1, 0.15) is 5.54 Å². The van der Waals surface area contributed by atoms with Crippen LogP contribution in [0.4, 0.5) is 16.0 Å². The van der Waals surface area contributed by atoms with Gasteiger partial charge in [-0.25, -0.2) is 19.4 Å². The maximum atomic E-state index is 13.3. The van der Waals surface area contributed by atoms with Gasteiger partial charge in [-0.15, -0.1) is 0 Å². The molecular weight excluding hydrogens is 427 g/mol. The van der Waals surface area contributed by atoms with E-state index in [4.69, 9.17) is 10.7 Å². The first kappa shape index (κ1) is 20.4. The number of amides is 1. The van der Waals surface area contributed by atoms with E-state index in [1.54, 1.807) is 12.1 Å². The molecule has 0 aliphatic carbocycles. The molecule has 3 heterocycles. The van der Waals surface area contributed by atoms with Crippen LogP contribution in [0.25, 0.3) is 0 Å². The lowest BCUT2D eigenvalue weighted by Gasteiger charge is -2.35. The van der Waals surface area contributed by atoms with Crippen molar-refractivity contribution in [3.63, 3.8) is 0 Å². The molecule has 5 rings (SSSR count). The van der Waals surface area contributed by atoms with E-state index in [0.29, 0.717) is 35.5 Å². The smallest absolute Gasteiger partial charge is 0.257 e. The van der Waals surface area contributed by atoms with Gasteiger partial charge >= 0.3 is 0 Å². The standard InChI is InChI=1S/C23H21FN6OS/c24-18-10-26-21(27-11-18)30-12-17-13-32-22(28-20(31)15-5-2-1-3-6-15)29-23(17,14-30)16-7-4-8-19(25)9-16/h1-11,17H,12-14,25H2,(H,28,29,31)/t17-,23?/m0/s1. The van der Waals surface area contributed by atoms with Crippen LogP contribution in [0.15, 0.2) is 72.0 Å². The number of aliphatic imine (C=N–C) groups is 1. The predicted molar refractivity (Wildman–Crippen MR) is 124 cm³/mol. The normalized spacial score (nSPS) is 22.2. The van der Waals surface area contributed by atoms with Crippen LogP contribution < -0.4 is 16.0 Å². The molecule has 0 saturated carbocycles. The molecule has 1 amide bonds. The van der Waals surface area contributed by atoms with Crippen LogP contribution >= 0.6 is 11.8 Å². The van der Waals surface area contributed by atoms with Crippen LogP contribution in [-0.2, 0) is 5.54 Å². The minimum absolute atomic E-state index is 0.139. The number of nitrogens with two attached hydrogens (primary N) is 1. The number of thioether (sulfide) groups is 1. The maximum Gasteiger partial charge on any atom is 0.257 e. The highest BCUT2D eigenvalue weighted by Crippen LogP contribution is 2.46. The third-order valence-electron chi connectivity index (χ3n) is 5.80. The molecule has 0 bridgehead atoms. The van der Waals surface area contributed by atoms with Gasteiger partial charge in [0.25, 0.3) is 5.91 Å². The molecule has 1 saturated heterocycles. The van der Waals surface area contributed by atoms with E-state index in [-0.39, 0.29) is 11.8 Å². The first-order chi connectivity index (χ1) is 15.5. The van der Waals surface area contributed by atoms with Crippen molar-refractivity contribution in [1.82, 2.24) is 15.3 Å². The van der Waals surface area contributed by atoms with E-state index >= 15 is 0 Å². The minimum Gasteiger partial charge on any atom is -0.399 e. The summed E-state index contributed by atoms with van der Waals surface area (Å²) < 4.78 is 13.3. The molecule has 7 nitrogen and oxygen atoms in total. The fourth-order valence-corrected chi connectivity index (χ4v) is 5.39. The van der Waals surface area contributed by atoms with E-state index in [1.807, 2.05) is 47.4 Å². The van der Waals surface area contributed by atoms with Gasteiger partial charge < -0.3 is 16.0 Å². The van der Waals surface area contributed by atoms with Crippen molar-refractivity contribution in [2.45, 2.75) is 5.54 Å². The van der Waals surface area contributed by atoms with E-state index in [1.165, 1.54) is 24.2 Å². The molecule has 162 valence electrons. The zero-order valence-electron chi connectivity index (χ0n) is 17.1. The highest BCUT2D eigenvalue weighted by molar-refractivity contribution is 8.13. The summed E-state index contributed by atoms with van der Waals surface area (Å²) in [6.07, 6.45) is 2.34. The summed E-state index contributed by atoms with van der Waals surface area (Å²) in [4.78, 5) is 28.1. The first-order valence-corrected chi connectivity index (χ1v) is 11.2. The SMILES string of the molecule is Nc1cccc(C23CN(c4ncc(F)cn4)C[C@H]2CSC(NC(=O)c2ccccc2)=N3)c1. The monoisotopic (exact) mass is 448 g/mol. The van der Waals surface area contributed by atoms with Gasteiger partial charge in [0.2, 0.25) is 5.95 Å². The molecule has 0 radical (unpaired) electrons. The summed E-state index contributed by atoms with van der Waals surface area (Å²) in [7, 11) is 0. The van der Waals surface area contributed by atoms with Crippen molar-refractivity contribution in [2.75, 3.05) is 29.5 Å².